The maximum Gasteiger partial charge on any atom is 0.169 e. The molecule has 1 atom stereocenters. The Kier molecular flexibility index (Phi) is 7.36. The standard InChI is InChI=1S/C18H23NO3.ClH/c1-12(2)19-11-17(21)14-6-9-18(16(20)10-14)22-15-7-4-13(3)5-8-15;/h4-10,12,17,19-21H,11H2,1-3H3;1H. The van der Waals surface area contributed by atoms with Gasteiger partial charge in [0.15, 0.2) is 11.5 Å². The second kappa shape index (κ2) is 8.77. The number of hydrogen-bond acceptors (Lipinski definition) is 4. The number of benzene rings is 2. The van der Waals surface area contributed by atoms with E-state index in [1.165, 1.54) is 6.07 Å². The van der Waals surface area contributed by atoms with E-state index in [0.29, 0.717) is 29.6 Å². The predicted octanol–water partition coefficient (Wildman–Crippen LogP) is 3.95. The van der Waals surface area contributed by atoms with Crippen LogP contribution in [0, 0.1) is 6.92 Å². The van der Waals surface area contributed by atoms with Crippen molar-refractivity contribution in [2.45, 2.75) is 32.9 Å². The summed E-state index contributed by atoms with van der Waals surface area (Å²) in [7, 11) is 0. The summed E-state index contributed by atoms with van der Waals surface area (Å²) in [5.41, 5.74) is 1.80. The average Bonchev–Trinajstić information content (AvgIpc) is 2.49. The first-order valence-electron chi connectivity index (χ1n) is 7.44. The number of aryl methyl sites for hydroxylation is 1. The molecule has 0 heterocycles. The molecule has 2 aromatic rings. The Balaban J connectivity index is 0.00000264. The molecule has 0 aromatic heterocycles. The van der Waals surface area contributed by atoms with E-state index in [1.807, 2.05) is 45.0 Å². The molecule has 0 radical (unpaired) electrons. The van der Waals surface area contributed by atoms with E-state index >= 15 is 0 Å². The highest BCUT2D eigenvalue weighted by Crippen LogP contribution is 2.32. The lowest BCUT2D eigenvalue weighted by molar-refractivity contribution is 0.171. The third kappa shape index (κ3) is 5.75. The van der Waals surface area contributed by atoms with Gasteiger partial charge in [-0.1, -0.05) is 37.6 Å². The Labute approximate surface area is 143 Å². The van der Waals surface area contributed by atoms with Gasteiger partial charge in [-0.3, -0.25) is 0 Å². The van der Waals surface area contributed by atoms with Crippen molar-refractivity contribution in [2.75, 3.05) is 6.54 Å². The monoisotopic (exact) mass is 337 g/mol. The van der Waals surface area contributed by atoms with Crippen LogP contribution in [0.1, 0.15) is 31.1 Å². The minimum absolute atomic E-state index is 0. The molecule has 3 N–H and O–H groups in total. The van der Waals surface area contributed by atoms with E-state index in [4.69, 9.17) is 4.74 Å². The SMILES string of the molecule is Cc1ccc(Oc2ccc(C(O)CNC(C)C)cc2O)cc1.Cl. The van der Waals surface area contributed by atoms with Gasteiger partial charge in [0.1, 0.15) is 5.75 Å². The fourth-order valence-corrected chi connectivity index (χ4v) is 2.03. The smallest absolute Gasteiger partial charge is 0.169 e. The fourth-order valence-electron chi connectivity index (χ4n) is 2.03. The number of aliphatic hydroxyl groups excluding tert-OH is 1. The first kappa shape index (κ1) is 19.3. The molecule has 0 aliphatic rings. The average molecular weight is 338 g/mol. The number of ether oxygens (including phenoxy) is 1. The number of rotatable bonds is 6. The highest BCUT2D eigenvalue weighted by molar-refractivity contribution is 5.85. The maximum absolute atomic E-state index is 10.1. The lowest BCUT2D eigenvalue weighted by Gasteiger charge is -2.15. The quantitative estimate of drug-likeness (QED) is 0.747. The second-order valence-corrected chi connectivity index (χ2v) is 5.72. The Morgan fingerprint density at radius 2 is 1.74 bits per heavy atom. The molecule has 0 saturated heterocycles. The van der Waals surface area contributed by atoms with Gasteiger partial charge in [-0.15, -0.1) is 12.4 Å². The van der Waals surface area contributed by atoms with E-state index in [9.17, 15) is 10.2 Å². The van der Waals surface area contributed by atoms with Gasteiger partial charge in [-0.2, -0.15) is 0 Å². The largest absolute Gasteiger partial charge is 0.504 e. The van der Waals surface area contributed by atoms with Gasteiger partial charge >= 0.3 is 0 Å². The van der Waals surface area contributed by atoms with Crippen molar-refractivity contribution in [3.63, 3.8) is 0 Å². The summed E-state index contributed by atoms with van der Waals surface area (Å²) >= 11 is 0. The molecule has 0 fully saturated rings. The molecule has 0 aliphatic carbocycles. The van der Waals surface area contributed by atoms with E-state index in [-0.39, 0.29) is 18.2 Å². The molecule has 2 aromatic carbocycles. The third-order valence-electron chi connectivity index (χ3n) is 3.34. The zero-order valence-electron chi connectivity index (χ0n) is 13.6. The molecule has 2 rings (SSSR count). The zero-order chi connectivity index (χ0) is 16.1. The van der Waals surface area contributed by atoms with Crippen molar-refractivity contribution in [2.24, 2.45) is 0 Å². The topological polar surface area (TPSA) is 61.7 Å². The number of nitrogens with one attached hydrogen (secondary N) is 1. The van der Waals surface area contributed by atoms with E-state index < -0.39 is 6.10 Å². The van der Waals surface area contributed by atoms with Crippen LogP contribution in [0.15, 0.2) is 42.5 Å². The Hall–Kier alpha value is -1.75. The molecule has 4 nitrogen and oxygen atoms in total. The second-order valence-electron chi connectivity index (χ2n) is 5.72. The Morgan fingerprint density at radius 1 is 1.09 bits per heavy atom. The van der Waals surface area contributed by atoms with Gasteiger partial charge in [0.05, 0.1) is 6.10 Å². The molecular weight excluding hydrogens is 314 g/mol. The summed E-state index contributed by atoms with van der Waals surface area (Å²) in [6, 6.07) is 12.9. The van der Waals surface area contributed by atoms with Crippen molar-refractivity contribution in [3.05, 3.63) is 53.6 Å². The zero-order valence-corrected chi connectivity index (χ0v) is 14.4. The van der Waals surface area contributed by atoms with Crippen LogP contribution in [-0.4, -0.2) is 22.8 Å². The van der Waals surface area contributed by atoms with E-state index in [2.05, 4.69) is 5.32 Å². The predicted molar refractivity (Wildman–Crippen MR) is 94.7 cm³/mol. The number of phenolic OH excluding ortho intramolecular Hbond substituents is 1. The molecule has 1 unspecified atom stereocenters. The van der Waals surface area contributed by atoms with Crippen LogP contribution in [0.2, 0.25) is 0 Å². The molecule has 0 amide bonds. The van der Waals surface area contributed by atoms with Crippen LogP contribution in [0.3, 0.4) is 0 Å². The lowest BCUT2D eigenvalue weighted by Crippen LogP contribution is -2.27. The van der Waals surface area contributed by atoms with Gasteiger partial charge in [-0.05, 0) is 36.8 Å². The van der Waals surface area contributed by atoms with Crippen LogP contribution in [0.5, 0.6) is 17.2 Å². The lowest BCUT2D eigenvalue weighted by atomic mass is 10.1. The van der Waals surface area contributed by atoms with Crippen LogP contribution in [0.25, 0.3) is 0 Å². The van der Waals surface area contributed by atoms with E-state index in [1.54, 1.807) is 12.1 Å². The normalized spacial score (nSPS) is 11.9. The first-order chi connectivity index (χ1) is 10.5. The molecule has 23 heavy (non-hydrogen) atoms. The summed E-state index contributed by atoms with van der Waals surface area (Å²) in [6.07, 6.45) is -0.665. The minimum Gasteiger partial charge on any atom is -0.504 e. The summed E-state index contributed by atoms with van der Waals surface area (Å²) in [5.74, 6) is 1.05. The highest BCUT2D eigenvalue weighted by atomic mass is 35.5. The molecule has 0 saturated carbocycles. The van der Waals surface area contributed by atoms with Crippen molar-refractivity contribution in [3.8, 4) is 17.2 Å². The molecule has 0 aliphatic heterocycles. The summed E-state index contributed by atoms with van der Waals surface area (Å²) in [6.45, 7) is 6.48. The maximum atomic E-state index is 10.1. The third-order valence-corrected chi connectivity index (χ3v) is 3.34. The number of halogens is 1. The number of aliphatic hydroxyl groups is 1. The van der Waals surface area contributed by atoms with Crippen LogP contribution in [0.4, 0.5) is 0 Å². The van der Waals surface area contributed by atoms with E-state index in [0.717, 1.165) is 5.56 Å². The van der Waals surface area contributed by atoms with Crippen molar-refractivity contribution in [1.82, 2.24) is 5.32 Å². The van der Waals surface area contributed by atoms with Gasteiger partial charge in [-0.25, -0.2) is 0 Å². The van der Waals surface area contributed by atoms with Crippen molar-refractivity contribution < 1.29 is 14.9 Å². The van der Waals surface area contributed by atoms with Crippen LogP contribution >= 0.6 is 12.4 Å². The van der Waals surface area contributed by atoms with Crippen molar-refractivity contribution >= 4 is 12.4 Å². The van der Waals surface area contributed by atoms with Gasteiger partial charge < -0.3 is 20.3 Å². The highest BCUT2D eigenvalue weighted by Gasteiger charge is 2.12. The molecule has 0 bridgehead atoms. The van der Waals surface area contributed by atoms with Gasteiger partial charge in [0.2, 0.25) is 0 Å². The number of phenols is 1. The Morgan fingerprint density at radius 3 is 2.30 bits per heavy atom. The van der Waals surface area contributed by atoms with Gasteiger partial charge in [0.25, 0.3) is 0 Å². The van der Waals surface area contributed by atoms with Crippen LogP contribution in [-0.2, 0) is 0 Å². The number of hydrogen-bond donors (Lipinski definition) is 3. The summed E-state index contributed by atoms with van der Waals surface area (Å²) in [5, 5.41) is 23.3. The van der Waals surface area contributed by atoms with Crippen LogP contribution < -0.4 is 10.1 Å². The Bertz CT molecular complexity index is 614. The molecule has 126 valence electrons. The first-order valence-corrected chi connectivity index (χ1v) is 7.44. The van der Waals surface area contributed by atoms with Crippen molar-refractivity contribution in [1.29, 1.82) is 0 Å². The number of aromatic hydroxyl groups is 1. The minimum atomic E-state index is -0.665. The summed E-state index contributed by atoms with van der Waals surface area (Å²) in [4.78, 5) is 0. The fraction of sp³-hybridized carbons (Fsp3) is 0.333. The molecule has 5 heteroatoms. The molecular formula is C18H24ClNO3. The van der Waals surface area contributed by atoms with Gasteiger partial charge in [0, 0.05) is 12.6 Å². The summed E-state index contributed by atoms with van der Waals surface area (Å²) < 4.78 is 5.65. The molecule has 0 spiro atoms.